The maximum Gasteiger partial charge on any atom is 0.320 e. The molecule has 0 unspecified atom stereocenters. The highest BCUT2D eigenvalue weighted by atomic mass is 79.9. The summed E-state index contributed by atoms with van der Waals surface area (Å²) in [7, 11) is 0. The molecule has 5 nitrogen and oxygen atoms in total. The fourth-order valence-corrected chi connectivity index (χ4v) is 2.36. The van der Waals surface area contributed by atoms with Gasteiger partial charge >= 0.3 is 12.0 Å². The maximum atomic E-state index is 12.3. The zero-order valence-electron chi connectivity index (χ0n) is 10.1. The fourth-order valence-electron chi connectivity index (χ4n) is 2.04. The largest absolute Gasteiger partial charge is 0.481 e. The molecule has 1 aliphatic heterocycles. The third-order valence-corrected chi connectivity index (χ3v) is 3.94. The van der Waals surface area contributed by atoms with Gasteiger partial charge in [-0.3, -0.25) is 4.79 Å². The van der Waals surface area contributed by atoms with E-state index in [1.807, 2.05) is 6.08 Å². The van der Waals surface area contributed by atoms with Crippen LogP contribution in [0.5, 0.6) is 0 Å². The van der Waals surface area contributed by atoms with Gasteiger partial charge in [-0.15, -0.1) is 0 Å². The highest BCUT2D eigenvalue weighted by Gasteiger charge is 2.35. The van der Waals surface area contributed by atoms with Crippen LogP contribution in [0.4, 0.5) is 4.79 Å². The van der Waals surface area contributed by atoms with E-state index in [-0.39, 0.29) is 18.5 Å². The normalized spacial score (nSPS) is 19.4. The van der Waals surface area contributed by atoms with E-state index in [1.54, 1.807) is 9.80 Å². The maximum absolute atomic E-state index is 12.3. The van der Waals surface area contributed by atoms with Gasteiger partial charge in [0.25, 0.3) is 0 Å². The lowest BCUT2D eigenvalue weighted by atomic mass is 10.2. The van der Waals surface area contributed by atoms with Gasteiger partial charge in [0.2, 0.25) is 0 Å². The predicted octanol–water partition coefficient (Wildman–Crippen LogP) is 2.03. The van der Waals surface area contributed by atoms with Crippen LogP contribution in [0, 0.1) is 0 Å². The molecule has 1 fully saturated rings. The monoisotopic (exact) mass is 316 g/mol. The number of carboxylic acids is 1. The second-order valence-electron chi connectivity index (χ2n) is 4.70. The molecule has 1 heterocycles. The van der Waals surface area contributed by atoms with E-state index in [9.17, 15) is 9.59 Å². The third kappa shape index (κ3) is 3.48. The van der Waals surface area contributed by atoms with Gasteiger partial charge in [0.05, 0.1) is 6.42 Å². The van der Waals surface area contributed by atoms with E-state index in [0.29, 0.717) is 19.6 Å². The van der Waals surface area contributed by atoms with Gasteiger partial charge in [-0.25, -0.2) is 4.79 Å². The van der Waals surface area contributed by atoms with Gasteiger partial charge in [0.1, 0.15) is 0 Å². The number of hydrogen-bond donors (Lipinski definition) is 1. The van der Waals surface area contributed by atoms with Crippen molar-refractivity contribution in [1.82, 2.24) is 9.80 Å². The van der Waals surface area contributed by atoms with Crippen molar-refractivity contribution in [2.75, 3.05) is 19.6 Å². The fraction of sp³-hybridized carbons (Fsp3) is 0.667. The second-order valence-corrected chi connectivity index (χ2v) is 5.72. The number of nitrogens with zero attached hydrogens (tertiary/aromatic N) is 2. The number of aliphatic carboxylic acids is 1. The van der Waals surface area contributed by atoms with Crippen LogP contribution >= 0.6 is 15.9 Å². The molecule has 0 spiro atoms. The summed E-state index contributed by atoms with van der Waals surface area (Å²) in [4.78, 5) is 26.4. The van der Waals surface area contributed by atoms with Crippen molar-refractivity contribution in [1.29, 1.82) is 0 Å². The lowest BCUT2D eigenvalue weighted by molar-refractivity contribution is -0.137. The topological polar surface area (TPSA) is 60.9 Å². The summed E-state index contributed by atoms with van der Waals surface area (Å²) in [5.74, 6) is -0.852. The average Bonchev–Trinajstić information content (AvgIpc) is 3.14. The van der Waals surface area contributed by atoms with Crippen LogP contribution in [-0.4, -0.2) is 52.6 Å². The van der Waals surface area contributed by atoms with Gasteiger partial charge < -0.3 is 14.9 Å². The molecular formula is C12H17BrN2O3. The molecule has 0 bridgehead atoms. The zero-order chi connectivity index (χ0) is 13.1. The van der Waals surface area contributed by atoms with Crippen molar-refractivity contribution in [2.24, 2.45) is 0 Å². The SMILES string of the molecule is O=C(O)CCN(C(=O)N1CC=C(Br)CC1)C1CC1. The Morgan fingerprint density at radius 3 is 2.72 bits per heavy atom. The van der Waals surface area contributed by atoms with Gasteiger partial charge in [0.15, 0.2) is 0 Å². The molecule has 2 rings (SSSR count). The van der Waals surface area contributed by atoms with E-state index in [0.717, 1.165) is 23.7 Å². The first kappa shape index (κ1) is 13.4. The molecule has 1 N–H and O–H groups in total. The summed E-state index contributed by atoms with van der Waals surface area (Å²) < 4.78 is 1.13. The molecule has 0 aromatic rings. The molecule has 0 radical (unpaired) electrons. The van der Waals surface area contributed by atoms with Crippen molar-refractivity contribution >= 4 is 27.9 Å². The molecule has 100 valence electrons. The Hall–Kier alpha value is -1.04. The Bertz CT molecular complexity index is 380. The quantitative estimate of drug-likeness (QED) is 0.863. The smallest absolute Gasteiger partial charge is 0.320 e. The van der Waals surface area contributed by atoms with E-state index < -0.39 is 5.97 Å². The Morgan fingerprint density at radius 2 is 2.22 bits per heavy atom. The first-order valence-electron chi connectivity index (χ1n) is 6.20. The minimum atomic E-state index is -0.852. The summed E-state index contributed by atoms with van der Waals surface area (Å²) in [5, 5.41) is 8.72. The van der Waals surface area contributed by atoms with Crippen molar-refractivity contribution in [2.45, 2.75) is 31.7 Å². The molecule has 2 aliphatic rings. The number of carbonyl (C=O) groups is 2. The van der Waals surface area contributed by atoms with Crippen LogP contribution < -0.4 is 0 Å². The number of urea groups is 1. The molecule has 0 saturated heterocycles. The van der Waals surface area contributed by atoms with Crippen LogP contribution in [0.1, 0.15) is 25.7 Å². The van der Waals surface area contributed by atoms with Gasteiger partial charge in [0, 0.05) is 25.7 Å². The standard InChI is InChI=1S/C12H17BrN2O3/c13-9-3-6-14(7-4-9)12(18)15(10-1-2-10)8-5-11(16)17/h3,10H,1-2,4-8H2,(H,16,17). The molecule has 2 amide bonds. The number of carboxylic acid groups (broad SMARTS) is 1. The van der Waals surface area contributed by atoms with E-state index >= 15 is 0 Å². The van der Waals surface area contributed by atoms with E-state index in [4.69, 9.17) is 5.11 Å². The molecule has 18 heavy (non-hydrogen) atoms. The summed E-state index contributed by atoms with van der Waals surface area (Å²) in [6, 6.07) is 0.237. The molecule has 6 heteroatoms. The third-order valence-electron chi connectivity index (χ3n) is 3.22. The predicted molar refractivity (Wildman–Crippen MR) is 70.6 cm³/mol. The number of rotatable bonds is 4. The Morgan fingerprint density at radius 1 is 1.50 bits per heavy atom. The minimum Gasteiger partial charge on any atom is -0.481 e. The van der Waals surface area contributed by atoms with E-state index in [2.05, 4.69) is 15.9 Å². The molecule has 0 atom stereocenters. The summed E-state index contributed by atoms with van der Waals surface area (Å²) >= 11 is 3.42. The van der Waals surface area contributed by atoms with Crippen LogP contribution in [0.25, 0.3) is 0 Å². The number of carbonyl (C=O) groups excluding carboxylic acids is 1. The summed E-state index contributed by atoms with van der Waals surface area (Å²) in [6.45, 7) is 1.63. The van der Waals surface area contributed by atoms with Crippen molar-refractivity contribution in [3.63, 3.8) is 0 Å². The highest BCUT2D eigenvalue weighted by Crippen LogP contribution is 2.28. The van der Waals surface area contributed by atoms with Gasteiger partial charge in [-0.1, -0.05) is 22.0 Å². The summed E-state index contributed by atoms with van der Waals surface area (Å²) in [5.41, 5.74) is 0. The second kappa shape index (κ2) is 5.73. The number of hydrogen-bond acceptors (Lipinski definition) is 2. The van der Waals surface area contributed by atoms with Gasteiger partial charge in [-0.2, -0.15) is 0 Å². The van der Waals surface area contributed by atoms with Crippen molar-refractivity contribution in [3.05, 3.63) is 10.6 Å². The van der Waals surface area contributed by atoms with Crippen molar-refractivity contribution < 1.29 is 14.7 Å². The van der Waals surface area contributed by atoms with Gasteiger partial charge in [-0.05, 0) is 23.7 Å². The van der Waals surface area contributed by atoms with Crippen LogP contribution in [-0.2, 0) is 4.79 Å². The first-order chi connectivity index (χ1) is 8.58. The zero-order valence-corrected chi connectivity index (χ0v) is 11.7. The highest BCUT2D eigenvalue weighted by molar-refractivity contribution is 9.11. The number of amides is 2. The first-order valence-corrected chi connectivity index (χ1v) is 6.99. The lowest BCUT2D eigenvalue weighted by Gasteiger charge is -2.31. The Balaban J connectivity index is 1.93. The van der Waals surface area contributed by atoms with E-state index in [1.165, 1.54) is 0 Å². The van der Waals surface area contributed by atoms with Crippen LogP contribution in [0.2, 0.25) is 0 Å². The molecule has 1 aliphatic carbocycles. The summed E-state index contributed by atoms with van der Waals surface area (Å²) in [6.07, 6.45) is 4.85. The number of halogens is 1. The molecule has 0 aromatic carbocycles. The molecular weight excluding hydrogens is 300 g/mol. The Labute approximate surface area is 115 Å². The Kier molecular flexibility index (Phi) is 4.27. The van der Waals surface area contributed by atoms with Crippen LogP contribution in [0.3, 0.4) is 0 Å². The molecule has 0 aromatic heterocycles. The van der Waals surface area contributed by atoms with Crippen molar-refractivity contribution in [3.8, 4) is 0 Å². The average molecular weight is 317 g/mol. The van der Waals surface area contributed by atoms with Crippen LogP contribution in [0.15, 0.2) is 10.6 Å². The minimum absolute atomic E-state index is 0.0185. The lowest BCUT2D eigenvalue weighted by Crippen LogP contribution is -2.46. The molecule has 1 saturated carbocycles.